The summed E-state index contributed by atoms with van der Waals surface area (Å²) in [5, 5.41) is 5.47. The topological polar surface area (TPSA) is 101 Å². The maximum atomic E-state index is 15.3. The zero-order valence-corrected chi connectivity index (χ0v) is 22.7. The standard InChI is InChI=1S/C29H36F2N8O/c1-19-3-2-7-38(19)14-20-9-22(30)11-24(10-20)40-27-5-8-37(17-26(27)31)16-23(12-32)39-15-21(13-36-39)28-25-4-6-33-29(25)35-18-34-28/h4,6,9-11,13,15,18-19,23,26-27H,2-3,5,7-8,12,14,16-17,32H2,1H3,(H,33,34,35). The number of rotatable bonds is 9. The van der Waals surface area contributed by atoms with Crippen LogP contribution in [0.4, 0.5) is 8.78 Å². The Balaban J connectivity index is 1.07. The smallest absolute Gasteiger partial charge is 0.149 e. The summed E-state index contributed by atoms with van der Waals surface area (Å²) >= 11 is 0. The van der Waals surface area contributed by atoms with Crippen molar-refractivity contribution in [1.29, 1.82) is 0 Å². The van der Waals surface area contributed by atoms with Gasteiger partial charge in [0.25, 0.3) is 0 Å². The maximum Gasteiger partial charge on any atom is 0.149 e. The minimum atomic E-state index is -1.20. The molecular weight excluding hydrogens is 514 g/mol. The van der Waals surface area contributed by atoms with Crippen LogP contribution in [0.5, 0.6) is 5.75 Å². The van der Waals surface area contributed by atoms with Crippen LogP contribution in [-0.2, 0) is 6.54 Å². The Morgan fingerprint density at radius 3 is 2.90 bits per heavy atom. The fourth-order valence-electron chi connectivity index (χ4n) is 5.99. The second kappa shape index (κ2) is 11.6. The summed E-state index contributed by atoms with van der Waals surface area (Å²) in [4.78, 5) is 16.2. The number of halogens is 2. The highest BCUT2D eigenvalue weighted by atomic mass is 19.1. The van der Waals surface area contributed by atoms with Crippen molar-refractivity contribution >= 4 is 11.0 Å². The number of nitrogens with two attached hydrogens (primary N) is 1. The molecule has 0 saturated carbocycles. The molecule has 0 amide bonds. The molecule has 4 aromatic rings. The van der Waals surface area contributed by atoms with Gasteiger partial charge in [-0.2, -0.15) is 5.10 Å². The van der Waals surface area contributed by atoms with E-state index >= 15 is 4.39 Å². The Morgan fingerprint density at radius 2 is 2.10 bits per heavy atom. The van der Waals surface area contributed by atoms with Crippen molar-refractivity contribution < 1.29 is 13.5 Å². The van der Waals surface area contributed by atoms with Crippen molar-refractivity contribution in [3.8, 4) is 17.0 Å². The van der Waals surface area contributed by atoms with E-state index < -0.39 is 12.3 Å². The lowest BCUT2D eigenvalue weighted by molar-refractivity contribution is 0.0169. The lowest BCUT2D eigenvalue weighted by atomic mass is 10.0. The Kier molecular flexibility index (Phi) is 7.77. The number of nitrogens with one attached hydrogen (secondary N) is 1. The number of aromatic amines is 1. The Labute approximate surface area is 232 Å². The van der Waals surface area contributed by atoms with E-state index in [1.165, 1.54) is 12.4 Å². The van der Waals surface area contributed by atoms with Crippen molar-refractivity contribution in [2.75, 3.05) is 32.7 Å². The first-order chi connectivity index (χ1) is 19.5. The monoisotopic (exact) mass is 550 g/mol. The van der Waals surface area contributed by atoms with Gasteiger partial charge < -0.3 is 15.5 Å². The Hall–Kier alpha value is -3.41. The van der Waals surface area contributed by atoms with Gasteiger partial charge in [0.05, 0.1) is 17.9 Å². The zero-order chi connectivity index (χ0) is 27.6. The molecule has 1 aromatic carbocycles. The number of piperidine rings is 1. The van der Waals surface area contributed by atoms with Crippen molar-refractivity contribution in [3.63, 3.8) is 0 Å². The molecule has 3 N–H and O–H groups in total. The van der Waals surface area contributed by atoms with E-state index in [1.807, 2.05) is 29.2 Å². The molecule has 3 aromatic heterocycles. The fourth-order valence-corrected chi connectivity index (χ4v) is 5.99. The highest BCUT2D eigenvalue weighted by Crippen LogP contribution is 2.28. The summed E-state index contributed by atoms with van der Waals surface area (Å²) in [5.74, 6) is 0.0453. The summed E-state index contributed by atoms with van der Waals surface area (Å²) in [6.45, 7) is 5.68. The summed E-state index contributed by atoms with van der Waals surface area (Å²) < 4.78 is 37.6. The Morgan fingerprint density at radius 1 is 1.20 bits per heavy atom. The lowest BCUT2D eigenvalue weighted by Crippen LogP contribution is -2.49. The number of hydrogen-bond donors (Lipinski definition) is 2. The molecule has 9 nitrogen and oxygen atoms in total. The SMILES string of the molecule is CC1CCCN1Cc1cc(F)cc(OC2CCN(CC(CN)n3cc(-c4ncnc5[nH]ccc45)cn3)CC2F)c1. The van der Waals surface area contributed by atoms with Crippen LogP contribution < -0.4 is 10.5 Å². The molecule has 5 heterocycles. The van der Waals surface area contributed by atoms with Gasteiger partial charge in [-0.25, -0.2) is 18.7 Å². The maximum absolute atomic E-state index is 15.3. The van der Waals surface area contributed by atoms with E-state index in [4.69, 9.17) is 10.5 Å². The van der Waals surface area contributed by atoms with Crippen molar-refractivity contribution in [2.24, 2.45) is 5.73 Å². The normalized spacial score (nSPS) is 23.1. The largest absolute Gasteiger partial charge is 0.487 e. The predicted molar refractivity (Wildman–Crippen MR) is 149 cm³/mol. The highest BCUT2D eigenvalue weighted by Gasteiger charge is 2.32. The van der Waals surface area contributed by atoms with Gasteiger partial charge in [0.15, 0.2) is 0 Å². The number of alkyl halides is 1. The number of fused-ring (bicyclic) bond motifs is 1. The first-order valence-electron chi connectivity index (χ1n) is 14.1. The van der Waals surface area contributed by atoms with Gasteiger partial charge in [-0.1, -0.05) is 0 Å². The minimum Gasteiger partial charge on any atom is -0.487 e. The van der Waals surface area contributed by atoms with Gasteiger partial charge in [0.2, 0.25) is 0 Å². The summed E-state index contributed by atoms with van der Waals surface area (Å²) in [6, 6.07) is 7.06. The summed E-state index contributed by atoms with van der Waals surface area (Å²) in [5.41, 5.74) is 9.42. The van der Waals surface area contributed by atoms with Crippen molar-refractivity contribution in [2.45, 2.75) is 57.1 Å². The molecule has 40 heavy (non-hydrogen) atoms. The fraction of sp³-hybridized carbons (Fsp3) is 0.483. The molecule has 212 valence electrons. The van der Waals surface area contributed by atoms with Crippen molar-refractivity contribution in [1.82, 2.24) is 34.5 Å². The third-order valence-corrected chi connectivity index (χ3v) is 8.20. The molecule has 0 aliphatic carbocycles. The van der Waals surface area contributed by atoms with E-state index in [0.29, 0.717) is 44.4 Å². The zero-order valence-electron chi connectivity index (χ0n) is 22.7. The van der Waals surface area contributed by atoms with E-state index in [9.17, 15) is 4.39 Å². The molecular formula is C29H36F2N8O. The van der Waals surface area contributed by atoms with Crippen LogP contribution >= 0.6 is 0 Å². The lowest BCUT2D eigenvalue weighted by Gasteiger charge is -2.36. The summed E-state index contributed by atoms with van der Waals surface area (Å²) in [7, 11) is 0. The van der Waals surface area contributed by atoms with Crippen LogP contribution in [0, 0.1) is 5.82 Å². The third-order valence-electron chi connectivity index (χ3n) is 8.20. The predicted octanol–water partition coefficient (Wildman–Crippen LogP) is 3.94. The van der Waals surface area contributed by atoms with Crippen LogP contribution in [0.1, 0.15) is 37.8 Å². The van der Waals surface area contributed by atoms with Crippen LogP contribution in [0.15, 0.2) is 49.2 Å². The Bertz CT molecular complexity index is 1440. The molecule has 0 radical (unpaired) electrons. The number of aromatic nitrogens is 5. The minimum absolute atomic E-state index is 0.124. The van der Waals surface area contributed by atoms with Crippen LogP contribution in [-0.4, -0.2) is 85.6 Å². The van der Waals surface area contributed by atoms with E-state index in [2.05, 4.69) is 36.8 Å². The third kappa shape index (κ3) is 5.72. The van der Waals surface area contributed by atoms with Crippen molar-refractivity contribution in [3.05, 3.63) is 60.6 Å². The molecule has 4 unspecified atom stereocenters. The van der Waals surface area contributed by atoms with Crippen LogP contribution in [0.3, 0.4) is 0 Å². The molecule has 0 spiro atoms. The second-order valence-electron chi connectivity index (χ2n) is 11.0. The molecule has 0 bridgehead atoms. The molecule has 6 rings (SSSR count). The van der Waals surface area contributed by atoms with Gasteiger partial charge in [-0.15, -0.1) is 0 Å². The number of nitrogens with zero attached hydrogens (tertiary/aromatic N) is 6. The van der Waals surface area contributed by atoms with Gasteiger partial charge in [0, 0.05) is 68.2 Å². The average Bonchev–Trinajstić information content (AvgIpc) is 3.70. The first kappa shape index (κ1) is 26.8. The van der Waals surface area contributed by atoms with Gasteiger partial charge >= 0.3 is 0 Å². The highest BCUT2D eigenvalue weighted by molar-refractivity contribution is 5.89. The van der Waals surface area contributed by atoms with Crippen LogP contribution in [0.2, 0.25) is 0 Å². The molecule has 2 saturated heterocycles. The van der Waals surface area contributed by atoms with Gasteiger partial charge in [0.1, 0.15) is 35.8 Å². The van der Waals surface area contributed by atoms with E-state index in [0.717, 1.165) is 47.2 Å². The second-order valence-corrected chi connectivity index (χ2v) is 11.0. The van der Waals surface area contributed by atoms with Gasteiger partial charge in [-0.3, -0.25) is 14.5 Å². The van der Waals surface area contributed by atoms with E-state index in [1.54, 1.807) is 12.3 Å². The number of hydrogen-bond acceptors (Lipinski definition) is 7. The molecule has 2 aliphatic heterocycles. The van der Waals surface area contributed by atoms with E-state index in [-0.39, 0.29) is 18.4 Å². The summed E-state index contributed by atoms with van der Waals surface area (Å²) in [6.07, 6.45) is 8.06. The van der Waals surface area contributed by atoms with Gasteiger partial charge in [-0.05, 0) is 56.5 Å². The quantitative estimate of drug-likeness (QED) is 0.326. The molecule has 2 aliphatic rings. The van der Waals surface area contributed by atoms with Crippen LogP contribution in [0.25, 0.3) is 22.3 Å². The molecule has 4 atom stereocenters. The molecule has 11 heteroatoms. The number of benzene rings is 1. The number of ether oxygens (including phenoxy) is 1. The average molecular weight is 551 g/mol. The first-order valence-corrected chi connectivity index (χ1v) is 14.1. The number of likely N-dealkylation sites (tertiary alicyclic amines) is 2. The number of H-pyrrole nitrogens is 1. The molecule has 2 fully saturated rings.